The van der Waals surface area contributed by atoms with E-state index in [4.69, 9.17) is 4.74 Å². The minimum atomic E-state index is -0.849. The molecule has 2 amide bonds. The summed E-state index contributed by atoms with van der Waals surface area (Å²) in [7, 11) is 1.36. The average Bonchev–Trinajstić information content (AvgIpc) is 3.61. The molecule has 0 aromatic rings. The van der Waals surface area contributed by atoms with Gasteiger partial charge in [-0.25, -0.2) is 0 Å². The molecule has 0 spiro atoms. The monoisotopic (exact) mass is 690 g/mol. The number of amides is 2. The van der Waals surface area contributed by atoms with Gasteiger partial charge in [0.25, 0.3) is 0 Å². The second-order valence-corrected chi connectivity index (χ2v) is 16.5. The van der Waals surface area contributed by atoms with E-state index in [1.165, 1.54) is 32.8 Å². The van der Waals surface area contributed by atoms with Crippen LogP contribution in [0.15, 0.2) is 24.3 Å². The number of hydrogen-bond acceptors (Lipinski definition) is 4. The van der Waals surface area contributed by atoms with Gasteiger partial charge in [-0.15, -0.1) is 0 Å². The summed E-state index contributed by atoms with van der Waals surface area (Å²) in [6.45, 7) is 10.8. The molecule has 0 saturated heterocycles. The number of carbonyl (C=O) groups is 3. The number of fused-ring (bicyclic) bond motifs is 4. The van der Waals surface area contributed by atoms with Gasteiger partial charge in [-0.2, -0.15) is 0 Å². The number of esters is 1. The smallest absolute Gasteiger partial charge is 0.322 e. The maximum absolute atomic E-state index is 12.5. The van der Waals surface area contributed by atoms with Crippen LogP contribution in [0.4, 0.5) is 0 Å². The lowest BCUT2D eigenvalue weighted by Gasteiger charge is -2.31. The normalized spacial score (nSPS) is 28.6. The van der Waals surface area contributed by atoms with Crippen LogP contribution in [0.3, 0.4) is 0 Å². The van der Waals surface area contributed by atoms with E-state index >= 15 is 0 Å². The Kier molecular flexibility index (Phi) is 14.9. The summed E-state index contributed by atoms with van der Waals surface area (Å²) < 4.78 is 3.50. The Labute approximate surface area is 261 Å². The first-order valence-corrected chi connectivity index (χ1v) is 15.1. The first-order valence-electron chi connectivity index (χ1n) is 13.5. The first-order chi connectivity index (χ1) is 17.1. The van der Waals surface area contributed by atoms with Crippen molar-refractivity contribution >= 4 is 49.6 Å². The molecular formula is C32H56Br2N2O4. The number of nitrogens with one attached hydrogen (secondary N) is 2. The van der Waals surface area contributed by atoms with Gasteiger partial charge in [-0.1, -0.05) is 92.3 Å². The second kappa shape index (κ2) is 15.4. The molecule has 2 saturated carbocycles. The Morgan fingerprint density at radius 2 is 1.18 bits per heavy atom. The summed E-state index contributed by atoms with van der Waals surface area (Å²) in [6, 6.07) is 0. The molecule has 0 aromatic carbocycles. The van der Waals surface area contributed by atoms with E-state index in [-0.39, 0.29) is 40.1 Å². The van der Waals surface area contributed by atoms with E-state index in [0.29, 0.717) is 36.0 Å². The van der Waals surface area contributed by atoms with Crippen LogP contribution < -0.4 is 10.6 Å². The molecule has 7 atom stereocenters. The van der Waals surface area contributed by atoms with Crippen molar-refractivity contribution in [2.45, 2.75) is 97.7 Å². The molecular weight excluding hydrogens is 636 g/mol. The molecule has 40 heavy (non-hydrogen) atoms. The molecule has 4 aliphatic rings. The van der Waals surface area contributed by atoms with Crippen LogP contribution in [0.25, 0.3) is 0 Å². The standard InChI is InChI=1S/C17H26BrNO3.C12H18BrNO.3CH4/c1-16(2,10-17(3,18)15(21)22-4)14(20)19-9-13-8-11-5-6-12(13)7-11;1-12(2,13)11(15)14-7-10-6-8-3-4-9(10)5-8;;;/h5-6,11-13H,7-10H2,1-4H3,(H,19,20);3-4,8-10H,5-7H2,1-2H3,(H,14,15);3*1H4. The third kappa shape index (κ3) is 9.99. The van der Waals surface area contributed by atoms with E-state index in [9.17, 15) is 14.4 Å². The summed E-state index contributed by atoms with van der Waals surface area (Å²) in [6.07, 6.45) is 14.6. The van der Waals surface area contributed by atoms with Crippen LogP contribution >= 0.6 is 31.9 Å². The number of ether oxygens (including phenoxy) is 1. The van der Waals surface area contributed by atoms with Gasteiger partial charge >= 0.3 is 5.97 Å². The zero-order chi connectivity index (χ0) is 27.6. The summed E-state index contributed by atoms with van der Waals surface area (Å²) in [5, 5.41) is 6.11. The largest absolute Gasteiger partial charge is 0.468 e. The van der Waals surface area contributed by atoms with Crippen LogP contribution in [0.5, 0.6) is 0 Å². The molecule has 8 heteroatoms. The molecule has 2 fully saturated rings. The number of alkyl halides is 2. The minimum Gasteiger partial charge on any atom is -0.468 e. The van der Waals surface area contributed by atoms with Gasteiger partial charge in [-0.3, -0.25) is 14.4 Å². The van der Waals surface area contributed by atoms with Crippen LogP contribution in [-0.2, 0) is 19.1 Å². The topological polar surface area (TPSA) is 84.5 Å². The summed E-state index contributed by atoms with van der Waals surface area (Å²) in [5.74, 6) is 3.80. The number of carbonyl (C=O) groups excluding carboxylic acids is 3. The molecule has 0 heterocycles. The third-order valence-electron chi connectivity index (χ3n) is 8.42. The van der Waals surface area contributed by atoms with Crippen LogP contribution in [0, 0.1) is 40.9 Å². The molecule has 0 aromatic heterocycles. The highest BCUT2D eigenvalue weighted by Gasteiger charge is 2.42. The lowest BCUT2D eigenvalue weighted by molar-refractivity contribution is -0.144. The molecule has 2 N–H and O–H groups in total. The molecule has 0 radical (unpaired) electrons. The Hall–Kier alpha value is -1.15. The molecule has 232 valence electrons. The highest BCUT2D eigenvalue weighted by molar-refractivity contribution is 9.10. The zero-order valence-electron chi connectivity index (χ0n) is 23.1. The molecule has 6 nitrogen and oxygen atoms in total. The van der Waals surface area contributed by atoms with Crippen molar-refractivity contribution in [3.63, 3.8) is 0 Å². The summed E-state index contributed by atoms with van der Waals surface area (Å²) in [4.78, 5) is 35.9. The maximum Gasteiger partial charge on any atom is 0.322 e. The number of halogens is 2. The number of methoxy groups -OCH3 is 1. The second-order valence-electron chi connectivity index (χ2n) is 12.7. The highest BCUT2D eigenvalue weighted by atomic mass is 79.9. The molecule has 4 aliphatic carbocycles. The fourth-order valence-electron chi connectivity index (χ4n) is 6.35. The molecule has 4 bridgehead atoms. The Bertz CT molecular complexity index is 922. The Morgan fingerprint density at radius 1 is 0.750 bits per heavy atom. The Balaban J connectivity index is 0.000000748. The highest BCUT2D eigenvalue weighted by Crippen LogP contribution is 2.44. The number of hydrogen-bond donors (Lipinski definition) is 2. The van der Waals surface area contributed by atoms with Gasteiger partial charge in [0.05, 0.1) is 11.4 Å². The number of rotatable bonds is 9. The van der Waals surface area contributed by atoms with Crippen molar-refractivity contribution in [3.8, 4) is 0 Å². The van der Waals surface area contributed by atoms with Gasteiger partial charge in [0, 0.05) is 18.5 Å². The van der Waals surface area contributed by atoms with Gasteiger partial charge in [-0.05, 0) is 88.4 Å². The van der Waals surface area contributed by atoms with Crippen molar-refractivity contribution in [1.82, 2.24) is 10.6 Å². The van der Waals surface area contributed by atoms with E-state index in [1.807, 2.05) is 27.7 Å². The van der Waals surface area contributed by atoms with E-state index in [2.05, 4.69) is 66.8 Å². The van der Waals surface area contributed by atoms with Crippen molar-refractivity contribution < 1.29 is 19.1 Å². The fraction of sp³-hybridized carbons (Fsp3) is 0.781. The van der Waals surface area contributed by atoms with Crippen molar-refractivity contribution in [1.29, 1.82) is 0 Å². The summed E-state index contributed by atoms with van der Waals surface area (Å²) >= 11 is 6.76. The number of allylic oxidation sites excluding steroid dienone is 4. The van der Waals surface area contributed by atoms with Crippen molar-refractivity contribution in [3.05, 3.63) is 24.3 Å². The lowest BCUT2D eigenvalue weighted by atomic mass is 9.82. The van der Waals surface area contributed by atoms with Gasteiger partial charge in [0.2, 0.25) is 11.8 Å². The van der Waals surface area contributed by atoms with Crippen molar-refractivity contribution in [2.24, 2.45) is 40.9 Å². The SMILES string of the molecule is C.C.C.CC(C)(Br)C(=O)NCC1CC2C=CC1C2.COC(=O)C(C)(Br)CC(C)(C)C(=O)NCC1CC2C=CC1C2. The van der Waals surface area contributed by atoms with E-state index in [0.717, 1.165) is 19.0 Å². The first kappa shape index (κ1) is 38.9. The molecule has 0 aliphatic heterocycles. The van der Waals surface area contributed by atoms with Crippen LogP contribution in [-0.4, -0.2) is 46.6 Å². The summed E-state index contributed by atoms with van der Waals surface area (Å²) in [5.41, 5.74) is -0.639. The maximum atomic E-state index is 12.5. The Morgan fingerprint density at radius 3 is 1.50 bits per heavy atom. The third-order valence-corrected chi connectivity index (χ3v) is 9.39. The lowest BCUT2D eigenvalue weighted by Crippen LogP contribution is -2.45. The minimum absolute atomic E-state index is 0. The van der Waals surface area contributed by atoms with Crippen molar-refractivity contribution in [2.75, 3.05) is 20.2 Å². The zero-order valence-corrected chi connectivity index (χ0v) is 26.3. The van der Waals surface area contributed by atoms with E-state index in [1.54, 1.807) is 6.92 Å². The average molecular weight is 693 g/mol. The van der Waals surface area contributed by atoms with Crippen LogP contribution in [0.2, 0.25) is 0 Å². The van der Waals surface area contributed by atoms with Gasteiger partial charge in [0.1, 0.15) is 4.32 Å². The molecule has 4 rings (SSSR count). The predicted molar refractivity (Wildman–Crippen MR) is 175 cm³/mol. The van der Waals surface area contributed by atoms with Crippen LogP contribution in [0.1, 0.15) is 89.0 Å². The van der Waals surface area contributed by atoms with Gasteiger partial charge in [0.15, 0.2) is 0 Å². The molecule has 7 unspecified atom stereocenters. The quantitative estimate of drug-likeness (QED) is 0.149. The fourth-order valence-corrected chi connectivity index (χ4v) is 7.35. The van der Waals surface area contributed by atoms with E-state index < -0.39 is 14.1 Å². The van der Waals surface area contributed by atoms with Gasteiger partial charge < -0.3 is 15.4 Å². The predicted octanol–water partition coefficient (Wildman–Crippen LogP) is 7.45.